The van der Waals surface area contributed by atoms with Gasteiger partial charge in [0.15, 0.2) is 0 Å². The molecule has 0 aromatic heterocycles. The maximum absolute atomic E-state index is 15.6. The molecule has 1 spiro atoms. The van der Waals surface area contributed by atoms with Crippen molar-refractivity contribution in [2.75, 3.05) is 6.54 Å². The fraction of sp³-hybridized carbons (Fsp3) is 0.480. The van der Waals surface area contributed by atoms with Gasteiger partial charge in [0.1, 0.15) is 23.6 Å². The minimum absolute atomic E-state index is 0.0114. The Bertz CT molecular complexity index is 1310. The predicted molar refractivity (Wildman–Crippen MR) is 122 cm³/mol. The highest BCUT2D eigenvalue weighted by molar-refractivity contribution is 7.89. The molecule has 1 amide bonds. The third-order valence-corrected chi connectivity index (χ3v) is 8.79. The molecule has 5 nitrogen and oxygen atoms in total. The van der Waals surface area contributed by atoms with Crippen LogP contribution in [0.1, 0.15) is 31.2 Å². The van der Waals surface area contributed by atoms with Crippen LogP contribution in [-0.2, 0) is 21.2 Å². The molecule has 3 aliphatic rings. The zero-order valence-electron chi connectivity index (χ0n) is 19.4. The summed E-state index contributed by atoms with van der Waals surface area (Å²) in [6.07, 6.45) is -0.391. The maximum Gasteiger partial charge on any atom is 0.350 e. The average Bonchev–Trinajstić information content (AvgIpc) is 3.52. The zero-order valence-corrected chi connectivity index (χ0v) is 20.3. The largest absolute Gasteiger partial charge is 0.350 e. The number of alkyl halides is 3. The van der Waals surface area contributed by atoms with E-state index in [2.05, 4.69) is 4.72 Å². The number of benzene rings is 2. The molecule has 2 aliphatic carbocycles. The molecule has 2 aromatic carbocycles. The van der Waals surface area contributed by atoms with E-state index in [1.807, 2.05) is 0 Å². The van der Waals surface area contributed by atoms with Gasteiger partial charge in [0, 0.05) is 35.5 Å². The fourth-order valence-electron chi connectivity index (χ4n) is 5.55. The smallest absolute Gasteiger partial charge is 0.337 e. The molecule has 1 heterocycles. The van der Waals surface area contributed by atoms with Gasteiger partial charge in [0.25, 0.3) is 10.0 Å². The molecule has 5 rings (SSSR count). The lowest BCUT2D eigenvalue weighted by molar-refractivity contribution is -0.141. The van der Waals surface area contributed by atoms with Gasteiger partial charge in [-0.05, 0) is 55.4 Å². The minimum atomic E-state index is -5.04. The number of hydrogen-bond acceptors (Lipinski definition) is 3. The Balaban J connectivity index is 1.51. The normalized spacial score (nSPS) is 26.5. The number of hydrogen-bond donors (Lipinski definition) is 1. The minimum Gasteiger partial charge on any atom is -0.337 e. The van der Waals surface area contributed by atoms with E-state index in [4.69, 9.17) is 0 Å². The van der Waals surface area contributed by atoms with Gasteiger partial charge < -0.3 is 4.90 Å². The van der Waals surface area contributed by atoms with Crippen LogP contribution in [0, 0.1) is 28.8 Å². The number of nitrogens with zero attached hydrogens (tertiary/aromatic N) is 1. The molecule has 1 aliphatic heterocycles. The number of amides is 1. The summed E-state index contributed by atoms with van der Waals surface area (Å²) < 4.78 is 109. The maximum atomic E-state index is 15.6. The average molecular weight is 547 g/mol. The van der Waals surface area contributed by atoms with E-state index in [1.165, 1.54) is 23.1 Å². The first kappa shape index (κ1) is 26.0. The van der Waals surface area contributed by atoms with E-state index in [-0.39, 0.29) is 42.5 Å². The first-order chi connectivity index (χ1) is 17.4. The standard InChI is InChI=1S/C25H24F6N2O3S/c26-16-8-15(9-16)23(34)33-12-25(4-5-25)22(32-37(35,36)24(30)31)20(33)10-13-2-1-3-19(21(13)29)14-6-17(27)11-18(28)7-14/h1-3,6-7,11,15-16,20,22,24,32H,4-5,8-10,12H2. The van der Waals surface area contributed by atoms with Gasteiger partial charge in [-0.25, -0.2) is 30.7 Å². The van der Waals surface area contributed by atoms with Crippen LogP contribution in [0.2, 0.25) is 0 Å². The van der Waals surface area contributed by atoms with Crippen LogP contribution in [0.5, 0.6) is 0 Å². The molecule has 1 saturated heterocycles. The van der Waals surface area contributed by atoms with Gasteiger partial charge in [-0.3, -0.25) is 4.79 Å². The van der Waals surface area contributed by atoms with Crippen LogP contribution < -0.4 is 4.72 Å². The summed E-state index contributed by atoms with van der Waals surface area (Å²) in [6, 6.07) is 4.59. The lowest BCUT2D eigenvalue weighted by Crippen LogP contribution is -2.52. The Labute approximate surface area is 209 Å². The molecule has 2 saturated carbocycles. The summed E-state index contributed by atoms with van der Waals surface area (Å²) in [5.41, 5.74) is -0.938. The highest BCUT2D eigenvalue weighted by Gasteiger charge is 2.62. The summed E-state index contributed by atoms with van der Waals surface area (Å²) in [5, 5.41) is 0. The van der Waals surface area contributed by atoms with Crippen molar-refractivity contribution in [1.82, 2.24) is 9.62 Å². The Morgan fingerprint density at radius 2 is 1.73 bits per heavy atom. The van der Waals surface area contributed by atoms with Gasteiger partial charge in [-0.2, -0.15) is 8.78 Å². The van der Waals surface area contributed by atoms with Crippen molar-refractivity contribution in [2.45, 2.75) is 56.1 Å². The van der Waals surface area contributed by atoms with Crippen molar-refractivity contribution in [1.29, 1.82) is 0 Å². The van der Waals surface area contributed by atoms with E-state index in [1.54, 1.807) is 0 Å². The topological polar surface area (TPSA) is 66.5 Å². The van der Waals surface area contributed by atoms with Crippen molar-refractivity contribution in [2.24, 2.45) is 11.3 Å². The molecule has 2 atom stereocenters. The number of halogens is 6. The quantitative estimate of drug-likeness (QED) is 0.518. The molecule has 200 valence electrons. The van der Waals surface area contributed by atoms with Crippen molar-refractivity contribution < 1.29 is 39.6 Å². The lowest BCUT2D eigenvalue weighted by Gasteiger charge is -2.36. The number of rotatable bonds is 7. The van der Waals surface area contributed by atoms with E-state index < -0.39 is 68.7 Å². The number of likely N-dealkylation sites (tertiary alicyclic amines) is 1. The lowest BCUT2D eigenvalue weighted by atomic mass is 9.82. The second-order valence-corrected chi connectivity index (χ2v) is 11.9. The molecule has 12 heteroatoms. The molecular weight excluding hydrogens is 522 g/mol. The molecular formula is C25H24F6N2O3S. The van der Waals surface area contributed by atoms with E-state index in [0.717, 1.165) is 12.1 Å². The molecule has 1 N–H and O–H groups in total. The highest BCUT2D eigenvalue weighted by atomic mass is 32.2. The van der Waals surface area contributed by atoms with Crippen molar-refractivity contribution in [3.05, 3.63) is 59.4 Å². The summed E-state index contributed by atoms with van der Waals surface area (Å²) >= 11 is 0. The molecule has 2 unspecified atom stereocenters. The van der Waals surface area contributed by atoms with Crippen LogP contribution in [0.3, 0.4) is 0 Å². The third-order valence-electron chi connectivity index (χ3n) is 7.74. The van der Waals surface area contributed by atoms with Crippen LogP contribution >= 0.6 is 0 Å². The third kappa shape index (κ3) is 4.85. The first-order valence-corrected chi connectivity index (χ1v) is 13.4. The van der Waals surface area contributed by atoms with E-state index in [9.17, 15) is 35.2 Å². The highest BCUT2D eigenvalue weighted by Crippen LogP contribution is 2.56. The first-order valence-electron chi connectivity index (χ1n) is 11.9. The Hall–Kier alpha value is -2.60. The van der Waals surface area contributed by atoms with Crippen LogP contribution in [-0.4, -0.2) is 49.8 Å². The Morgan fingerprint density at radius 3 is 2.30 bits per heavy atom. The molecule has 37 heavy (non-hydrogen) atoms. The zero-order chi connectivity index (χ0) is 26.7. The van der Waals surface area contributed by atoms with Gasteiger partial charge in [-0.15, -0.1) is 0 Å². The second-order valence-electron chi connectivity index (χ2n) is 10.2. The van der Waals surface area contributed by atoms with Crippen molar-refractivity contribution >= 4 is 15.9 Å². The summed E-state index contributed by atoms with van der Waals surface area (Å²) in [7, 11) is -5.04. The number of sulfonamides is 1. The number of carbonyl (C=O) groups is 1. The number of nitrogens with one attached hydrogen (secondary N) is 1. The van der Waals surface area contributed by atoms with Crippen LogP contribution in [0.15, 0.2) is 36.4 Å². The molecule has 3 fully saturated rings. The number of carbonyl (C=O) groups excluding carboxylic acids is 1. The van der Waals surface area contributed by atoms with Crippen LogP contribution in [0.4, 0.5) is 26.3 Å². The monoisotopic (exact) mass is 546 g/mol. The summed E-state index contributed by atoms with van der Waals surface area (Å²) in [5.74, 6) is -7.39. The predicted octanol–water partition coefficient (Wildman–Crippen LogP) is 4.56. The molecule has 0 bridgehead atoms. The SMILES string of the molecule is O=C(C1CC(F)C1)N1CC2(CC2)C(NS(=O)(=O)C(F)F)C1Cc1cccc(-c2cc(F)cc(F)c2)c1F. The fourth-order valence-corrected chi connectivity index (χ4v) is 6.42. The Morgan fingerprint density at radius 1 is 1.08 bits per heavy atom. The molecule has 2 aromatic rings. The van der Waals surface area contributed by atoms with Gasteiger partial charge in [0.2, 0.25) is 5.91 Å². The van der Waals surface area contributed by atoms with Crippen LogP contribution in [0.25, 0.3) is 11.1 Å². The van der Waals surface area contributed by atoms with Gasteiger partial charge in [0.05, 0.1) is 6.04 Å². The van der Waals surface area contributed by atoms with Gasteiger partial charge >= 0.3 is 5.76 Å². The summed E-state index contributed by atoms with van der Waals surface area (Å²) in [4.78, 5) is 14.6. The van der Waals surface area contributed by atoms with Crippen molar-refractivity contribution in [3.8, 4) is 11.1 Å². The van der Waals surface area contributed by atoms with E-state index >= 15 is 4.39 Å². The second kappa shape index (κ2) is 9.30. The molecule has 0 radical (unpaired) electrons. The Kier molecular flexibility index (Phi) is 6.54. The summed E-state index contributed by atoms with van der Waals surface area (Å²) in [6.45, 7) is 0.0802. The van der Waals surface area contributed by atoms with Crippen molar-refractivity contribution in [3.63, 3.8) is 0 Å². The van der Waals surface area contributed by atoms with E-state index in [0.29, 0.717) is 18.9 Å². The van der Waals surface area contributed by atoms with Gasteiger partial charge in [-0.1, -0.05) is 18.2 Å².